The maximum atomic E-state index is 10.7. The lowest BCUT2D eigenvalue weighted by Gasteiger charge is -2.19. The van der Waals surface area contributed by atoms with Gasteiger partial charge in [0.05, 0.1) is 5.66 Å². The number of rotatable bonds is 4. The topological polar surface area (TPSA) is 53.2 Å². The average Bonchev–Trinajstić information content (AvgIpc) is 2.75. The van der Waals surface area contributed by atoms with E-state index in [-0.39, 0.29) is 5.66 Å². The van der Waals surface area contributed by atoms with Crippen molar-refractivity contribution in [2.24, 2.45) is 0 Å². The highest BCUT2D eigenvalue weighted by Crippen LogP contribution is 2.42. The van der Waals surface area contributed by atoms with E-state index in [4.69, 9.17) is 0 Å². The van der Waals surface area contributed by atoms with Gasteiger partial charge in [0.15, 0.2) is 0 Å². The quantitative estimate of drug-likeness (QED) is 0.350. The van der Waals surface area contributed by atoms with Crippen LogP contribution >= 0.6 is 0 Å². The van der Waals surface area contributed by atoms with Crippen LogP contribution in [0, 0.1) is 0 Å². The van der Waals surface area contributed by atoms with Gasteiger partial charge in [-0.1, -0.05) is 0 Å². The van der Waals surface area contributed by atoms with E-state index in [1.54, 1.807) is 7.05 Å². The minimum atomic E-state index is -0.406. The number of likely N-dealkylation sites (N-methyl/N-ethyl adjacent to an activating group) is 3. The Balaban J connectivity index is 2.73. The molecule has 11 heavy (non-hydrogen) atoms. The SMILES string of the molecule is CNC1(C=O)CC1(NC)NC. The van der Waals surface area contributed by atoms with Crippen molar-refractivity contribution in [1.82, 2.24) is 16.0 Å². The third kappa shape index (κ3) is 0.903. The molecule has 0 amide bonds. The monoisotopic (exact) mass is 157 g/mol. The van der Waals surface area contributed by atoms with Crippen molar-refractivity contribution < 1.29 is 4.79 Å². The molecule has 1 saturated carbocycles. The lowest BCUT2D eigenvalue weighted by molar-refractivity contribution is -0.111. The van der Waals surface area contributed by atoms with Gasteiger partial charge in [0.1, 0.15) is 11.8 Å². The Labute approximate surface area is 66.7 Å². The van der Waals surface area contributed by atoms with Gasteiger partial charge in [-0.25, -0.2) is 0 Å². The van der Waals surface area contributed by atoms with Gasteiger partial charge in [0.25, 0.3) is 0 Å². The summed E-state index contributed by atoms with van der Waals surface area (Å²) in [6.07, 6.45) is 1.76. The van der Waals surface area contributed by atoms with Gasteiger partial charge in [-0.2, -0.15) is 0 Å². The lowest BCUT2D eigenvalue weighted by Crippen LogP contribution is -2.53. The molecular formula is C7H15N3O. The van der Waals surface area contributed by atoms with Gasteiger partial charge >= 0.3 is 0 Å². The predicted molar refractivity (Wildman–Crippen MR) is 43.3 cm³/mol. The number of nitrogens with one attached hydrogen (secondary N) is 3. The molecule has 0 aromatic carbocycles. The molecule has 0 aliphatic heterocycles. The van der Waals surface area contributed by atoms with Gasteiger partial charge in [-0.3, -0.25) is 0 Å². The maximum absolute atomic E-state index is 10.7. The molecule has 1 rings (SSSR count). The Morgan fingerprint density at radius 1 is 1.18 bits per heavy atom. The van der Waals surface area contributed by atoms with Crippen LogP contribution in [0.5, 0.6) is 0 Å². The number of carbonyl (C=O) groups is 1. The molecule has 0 aromatic rings. The fourth-order valence-corrected chi connectivity index (χ4v) is 1.62. The van der Waals surface area contributed by atoms with E-state index < -0.39 is 5.54 Å². The Morgan fingerprint density at radius 2 is 1.73 bits per heavy atom. The van der Waals surface area contributed by atoms with E-state index in [9.17, 15) is 4.79 Å². The summed E-state index contributed by atoms with van der Waals surface area (Å²) in [7, 11) is 5.49. The van der Waals surface area contributed by atoms with E-state index in [0.29, 0.717) is 0 Å². The van der Waals surface area contributed by atoms with Crippen LogP contribution < -0.4 is 16.0 Å². The zero-order chi connectivity index (χ0) is 8.54. The molecular weight excluding hydrogens is 142 g/mol. The summed E-state index contributed by atoms with van der Waals surface area (Å²) in [4.78, 5) is 10.7. The summed E-state index contributed by atoms with van der Waals surface area (Å²) in [5, 5.41) is 9.18. The van der Waals surface area contributed by atoms with Crippen LogP contribution in [0.25, 0.3) is 0 Å². The van der Waals surface area contributed by atoms with Crippen molar-refractivity contribution in [2.75, 3.05) is 21.1 Å². The molecule has 1 fully saturated rings. The Kier molecular flexibility index (Phi) is 2.00. The second-order valence-corrected chi connectivity index (χ2v) is 2.92. The Morgan fingerprint density at radius 3 is 1.82 bits per heavy atom. The van der Waals surface area contributed by atoms with Crippen molar-refractivity contribution in [3.63, 3.8) is 0 Å². The van der Waals surface area contributed by atoms with E-state index in [2.05, 4.69) is 16.0 Å². The molecule has 0 bridgehead atoms. The van der Waals surface area contributed by atoms with Crippen LogP contribution in [0.4, 0.5) is 0 Å². The molecule has 0 aromatic heterocycles. The third-order valence-corrected chi connectivity index (χ3v) is 2.68. The summed E-state index contributed by atoms with van der Waals surface area (Å²) in [6.45, 7) is 0. The van der Waals surface area contributed by atoms with Crippen molar-refractivity contribution in [3.8, 4) is 0 Å². The largest absolute Gasteiger partial charge is 0.305 e. The van der Waals surface area contributed by atoms with Crippen molar-refractivity contribution in [2.45, 2.75) is 17.6 Å². The molecule has 4 nitrogen and oxygen atoms in total. The summed E-state index contributed by atoms with van der Waals surface area (Å²) >= 11 is 0. The highest BCUT2D eigenvalue weighted by molar-refractivity contribution is 5.74. The van der Waals surface area contributed by atoms with Crippen molar-refractivity contribution in [1.29, 1.82) is 0 Å². The number of hydrogen-bond donors (Lipinski definition) is 3. The van der Waals surface area contributed by atoms with Crippen LogP contribution in [0.15, 0.2) is 0 Å². The second kappa shape index (κ2) is 2.55. The molecule has 0 heterocycles. The average molecular weight is 157 g/mol. The first-order chi connectivity index (χ1) is 5.20. The smallest absolute Gasteiger partial charge is 0.143 e. The summed E-state index contributed by atoms with van der Waals surface area (Å²) in [6, 6.07) is 0. The fraction of sp³-hybridized carbons (Fsp3) is 0.857. The molecule has 1 atom stereocenters. The zero-order valence-electron chi connectivity index (χ0n) is 7.19. The summed E-state index contributed by atoms with van der Waals surface area (Å²) < 4.78 is 0. The van der Waals surface area contributed by atoms with E-state index in [1.807, 2.05) is 14.1 Å². The summed E-state index contributed by atoms with van der Waals surface area (Å²) in [5.41, 5.74) is -0.639. The van der Waals surface area contributed by atoms with Crippen molar-refractivity contribution >= 4 is 6.29 Å². The standard InChI is InChI=1S/C7H15N3O/c1-8-6(5-11)4-7(6,9-2)10-3/h5,8-10H,4H2,1-3H3. The fourth-order valence-electron chi connectivity index (χ4n) is 1.62. The molecule has 64 valence electrons. The van der Waals surface area contributed by atoms with E-state index >= 15 is 0 Å². The van der Waals surface area contributed by atoms with Crippen LogP contribution in [-0.4, -0.2) is 38.6 Å². The summed E-state index contributed by atoms with van der Waals surface area (Å²) in [5.74, 6) is 0. The maximum Gasteiger partial charge on any atom is 0.143 e. The van der Waals surface area contributed by atoms with Gasteiger partial charge in [-0.15, -0.1) is 0 Å². The first kappa shape index (κ1) is 8.64. The van der Waals surface area contributed by atoms with Gasteiger partial charge in [0.2, 0.25) is 0 Å². The number of carbonyl (C=O) groups excluding carboxylic acids is 1. The Hall–Kier alpha value is -0.450. The molecule has 0 saturated heterocycles. The van der Waals surface area contributed by atoms with Crippen LogP contribution in [-0.2, 0) is 4.79 Å². The van der Waals surface area contributed by atoms with E-state index in [0.717, 1.165) is 12.7 Å². The molecule has 3 N–H and O–H groups in total. The van der Waals surface area contributed by atoms with Gasteiger partial charge in [-0.05, 0) is 21.1 Å². The van der Waals surface area contributed by atoms with E-state index in [1.165, 1.54) is 0 Å². The molecule has 0 spiro atoms. The highest BCUT2D eigenvalue weighted by atomic mass is 16.1. The third-order valence-electron chi connectivity index (χ3n) is 2.68. The number of hydrogen-bond acceptors (Lipinski definition) is 4. The lowest BCUT2D eigenvalue weighted by atomic mass is 10.2. The zero-order valence-corrected chi connectivity index (χ0v) is 7.19. The minimum absolute atomic E-state index is 0.233. The van der Waals surface area contributed by atoms with Gasteiger partial charge in [0, 0.05) is 6.42 Å². The molecule has 0 radical (unpaired) electrons. The first-order valence-electron chi connectivity index (χ1n) is 3.73. The number of aldehydes is 1. The normalized spacial score (nSPS) is 33.4. The molecule has 4 heteroatoms. The van der Waals surface area contributed by atoms with Crippen molar-refractivity contribution in [3.05, 3.63) is 0 Å². The molecule has 1 aliphatic rings. The second-order valence-electron chi connectivity index (χ2n) is 2.92. The highest BCUT2D eigenvalue weighted by Gasteiger charge is 2.66. The first-order valence-corrected chi connectivity index (χ1v) is 3.73. The van der Waals surface area contributed by atoms with Crippen LogP contribution in [0.2, 0.25) is 0 Å². The molecule has 1 unspecified atom stereocenters. The van der Waals surface area contributed by atoms with Crippen LogP contribution in [0.3, 0.4) is 0 Å². The minimum Gasteiger partial charge on any atom is -0.305 e. The van der Waals surface area contributed by atoms with Crippen LogP contribution in [0.1, 0.15) is 6.42 Å². The Bertz CT molecular complexity index is 167. The molecule has 1 aliphatic carbocycles. The predicted octanol–water partition coefficient (Wildman–Crippen LogP) is -1.32. The van der Waals surface area contributed by atoms with Gasteiger partial charge < -0.3 is 20.7 Å².